The third kappa shape index (κ3) is 5.77. The van der Waals surface area contributed by atoms with Crippen LogP contribution in [0, 0.1) is 11.8 Å². The number of carbonyl (C=O) groups excluding carboxylic acids is 3. The molecule has 188 valence electrons. The number of aryl methyl sites for hydroxylation is 1. The molecule has 3 heterocycles. The van der Waals surface area contributed by atoms with Gasteiger partial charge in [0.05, 0.1) is 5.56 Å². The van der Waals surface area contributed by atoms with Crippen molar-refractivity contribution < 1.29 is 40.8 Å². The molecule has 0 spiro atoms. The van der Waals surface area contributed by atoms with Crippen molar-refractivity contribution in [2.24, 2.45) is 0 Å². The van der Waals surface area contributed by atoms with Crippen molar-refractivity contribution in [1.29, 1.82) is 0 Å². The van der Waals surface area contributed by atoms with Gasteiger partial charge in [0.1, 0.15) is 11.6 Å². The Morgan fingerprint density at radius 1 is 1.26 bits per heavy atom. The van der Waals surface area contributed by atoms with Gasteiger partial charge in [0.2, 0.25) is 10.0 Å². The Balaban J connectivity index is 1.72. The summed E-state index contributed by atoms with van der Waals surface area (Å²) in [5, 5.41) is 1.48. The molecular formula is C20H20F3N5O6S. The molecule has 2 aliphatic rings. The number of nitrogens with one attached hydrogen (secondary N) is 1. The van der Waals surface area contributed by atoms with E-state index < -0.39 is 45.4 Å². The van der Waals surface area contributed by atoms with Crippen molar-refractivity contribution in [3.63, 3.8) is 0 Å². The number of carbonyl (C=O) groups is 3. The summed E-state index contributed by atoms with van der Waals surface area (Å²) in [5.74, 6) is 1.36. The molecule has 1 aromatic heterocycles. The molecule has 0 bridgehead atoms. The van der Waals surface area contributed by atoms with E-state index in [4.69, 9.17) is 0 Å². The van der Waals surface area contributed by atoms with E-state index in [1.165, 1.54) is 0 Å². The smallest absolute Gasteiger partial charge is 0.327 e. The van der Waals surface area contributed by atoms with Gasteiger partial charge < -0.3 is 4.84 Å². The van der Waals surface area contributed by atoms with Gasteiger partial charge in [-0.1, -0.05) is 24.8 Å². The lowest BCUT2D eigenvalue weighted by Gasteiger charge is -2.32. The third-order valence-corrected chi connectivity index (χ3v) is 7.21. The van der Waals surface area contributed by atoms with Crippen LogP contribution in [-0.2, 0) is 30.9 Å². The second-order valence-electron chi connectivity index (χ2n) is 7.79. The zero-order valence-electron chi connectivity index (χ0n) is 18.5. The Morgan fingerprint density at radius 3 is 2.46 bits per heavy atom. The van der Waals surface area contributed by atoms with Crippen LogP contribution in [-0.4, -0.2) is 76.2 Å². The van der Waals surface area contributed by atoms with Gasteiger partial charge in [0.15, 0.2) is 5.54 Å². The quantitative estimate of drug-likeness (QED) is 0.446. The molecule has 1 fully saturated rings. The largest absolute Gasteiger partial charge is 0.493 e. The van der Waals surface area contributed by atoms with Crippen LogP contribution in [0.1, 0.15) is 31.7 Å². The number of hydroxylamine groups is 2. The van der Waals surface area contributed by atoms with Crippen molar-refractivity contribution in [2.45, 2.75) is 38.4 Å². The van der Waals surface area contributed by atoms with Crippen LogP contribution in [0.15, 0.2) is 24.0 Å². The predicted octanol–water partition coefficient (Wildman–Crippen LogP) is 0.683. The van der Waals surface area contributed by atoms with Crippen molar-refractivity contribution in [1.82, 2.24) is 24.7 Å². The molecule has 15 heteroatoms. The molecule has 3 rings (SSSR count). The van der Waals surface area contributed by atoms with Gasteiger partial charge >= 0.3 is 18.2 Å². The van der Waals surface area contributed by atoms with Crippen molar-refractivity contribution in [3.8, 4) is 11.8 Å². The second kappa shape index (κ2) is 9.62. The minimum atomic E-state index is -5.47. The minimum Gasteiger partial charge on any atom is -0.327 e. The first-order valence-electron chi connectivity index (χ1n) is 10.2. The molecule has 1 aromatic rings. The maximum atomic E-state index is 12.9. The zero-order valence-corrected chi connectivity index (χ0v) is 19.4. The molecule has 0 aromatic carbocycles. The van der Waals surface area contributed by atoms with Gasteiger partial charge in [-0.15, -0.1) is 5.06 Å². The summed E-state index contributed by atoms with van der Waals surface area (Å²) in [6.07, 6.45) is 0.148. The lowest BCUT2D eigenvalue weighted by molar-refractivity contribution is -0.235. The highest BCUT2D eigenvalue weighted by Crippen LogP contribution is 2.28. The summed E-state index contributed by atoms with van der Waals surface area (Å²) in [6.45, 7) is 2.65. The van der Waals surface area contributed by atoms with Crippen LogP contribution >= 0.6 is 0 Å². The van der Waals surface area contributed by atoms with Crippen LogP contribution in [0.2, 0.25) is 0 Å². The predicted molar refractivity (Wildman–Crippen MR) is 112 cm³/mol. The summed E-state index contributed by atoms with van der Waals surface area (Å²) in [7, 11) is -4.29. The molecule has 0 saturated carbocycles. The number of sulfonamides is 1. The first kappa shape index (κ1) is 26.1. The molecule has 1 saturated heterocycles. The first-order valence-corrected chi connectivity index (χ1v) is 11.8. The fourth-order valence-electron chi connectivity index (χ4n) is 3.22. The minimum absolute atomic E-state index is 0.0257. The van der Waals surface area contributed by atoms with Gasteiger partial charge in [-0.2, -0.15) is 17.5 Å². The molecule has 11 nitrogen and oxygen atoms in total. The van der Waals surface area contributed by atoms with Gasteiger partial charge in [-0.05, 0) is 13.3 Å². The van der Waals surface area contributed by atoms with Crippen LogP contribution < -0.4 is 5.32 Å². The number of aromatic nitrogens is 2. The Bertz CT molecular complexity index is 1240. The molecular weight excluding hydrogens is 495 g/mol. The third-order valence-electron chi connectivity index (χ3n) is 5.17. The SMILES string of the molecule is CCc1ncc(C#CC2=CCN(S(=O)(=O)C[C@]3(C)C(=O)NC(=O)N3OC(=O)C(F)(F)F)CC2)cn1. The van der Waals surface area contributed by atoms with Crippen molar-refractivity contribution >= 4 is 27.9 Å². The Morgan fingerprint density at radius 2 is 1.91 bits per heavy atom. The number of urea groups is 1. The Hall–Kier alpha value is -3.51. The Kier molecular flexibility index (Phi) is 7.18. The number of hydrogen-bond acceptors (Lipinski definition) is 8. The summed E-state index contributed by atoms with van der Waals surface area (Å²) in [4.78, 5) is 47.6. The molecule has 0 radical (unpaired) electrons. The number of imide groups is 1. The molecule has 0 unspecified atom stereocenters. The van der Waals surface area contributed by atoms with Crippen LogP contribution in [0.25, 0.3) is 0 Å². The average molecular weight is 515 g/mol. The standard InChI is InChI=1S/C20H20F3N5O6S/c1-3-15-24-10-14(11-25-15)5-4-13-6-8-27(9-7-13)35(32,33)12-19(2)16(29)26-18(31)28(19)34-17(30)20(21,22)23/h6,10-11H,3,7-9,12H2,1-2H3,(H,26,29,31)/t19-/m1/s1. The van der Waals surface area contributed by atoms with E-state index in [-0.39, 0.29) is 24.6 Å². The van der Waals surface area contributed by atoms with Crippen molar-refractivity contribution in [2.75, 3.05) is 18.8 Å². The van der Waals surface area contributed by atoms with E-state index in [1.54, 1.807) is 23.8 Å². The summed E-state index contributed by atoms with van der Waals surface area (Å²) in [5.41, 5.74) is -1.18. The highest BCUT2D eigenvalue weighted by Gasteiger charge is 2.57. The van der Waals surface area contributed by atoms with E-state index in [1.807, 2.05) is 6.92 Å². The fourth-order valence-corrected chi connectivity index (χ4v) is 5.03. The first-order chi connectivity index (χ1) is 16.3. The molecule has 2 aliphatic heterocycles. The molecule has 3 amide bonds. The fraction of sp³-hybridized carbons (Fsp3) is 0.450. The van der Waals surface area contributed by atoms with Crippen LogP contribution in [0.5, 0.6) is 0 Å². The highest BCUT2D eigenvalue weighted by atomic mass is 32.2. The molecule has 1 atom stereocenters. The number of alkyl halides is 3. The van der Waals surface area contributed by atoms with Gasteiger partial charge in [0.25, 0.3) is 5.91 Å². The average Bonchev–Trinajstić information content (AvgIpc) is 2.99. The van der Waals surface area contributed by atoms with Crippen LogP contribution in [0.3, 0.4) is 0 Å². The highest BCUT2D eigenvalue weighted by molar-refractivity contribution is 7.89. The van der Waals surface area contributed by atoms with Crippen molar-refractivity contribution in [3.05, 3.63) is 35.4 Å². The summed E-state index contributed by atoms with van der Waals surface area (Å²) in [6, 6.07) is -1.49. The second-order valence-corrected chi connectivity index (χ2v) is 9.76. The van der Waals surface area contributed by atoms with E-state index in [2.05, 4.69) is 26.6 Å². The summed E-state index contributed by atoms with van der Waals surface area (Å²) < 4.78 is 64.6. The Labute approximate surface area is 198 Å². The number of nitrogens with zero attached hydrogens (tertiary/aromatic N) is 4. The number of amides is 3. The zero-order chi connectivity index (χ0) is 26.0. The lowest BCUT2D eigenvalue weighted by Crippen LogP contribution is -2.55. The molecule has 35 heavy (non-hydrogen) atoms. The normalized spacial score (nSPS) is 21.2. The molecule has 1 N–H and O–H groups in total. The van der Waals surface area contributed by atoms with E-state index in [0.717, 1.165) is 11.2 Å². The van der Waals surface area contributed by atoms with E-state index >= 15 is 0 Å². The lowest BCUT2D eigenvalue weighted by atomic mass is 10.1. The monoisotopic (exact) mass is 515 g/mol. The maximum Gasteiger partial charge on any atom is 0.493 e. The van der Waals surface area contributed by atoms with E-state index in [0.29, 0.717) is 23.4 Å². The van der Waals surface area contributed by atoms with Gasteiger partial charge in [0, 0.05) is 37.5 Å². The topological polar surface area (TPSA) is 139 Å². The number of hydrogen-bond donors (Lipinski definition) is 1. The van der Waals surface area contributed by atoms with Gasteiger partial charge in [-0.3, -0.25) is 10.1 Å². The number of rotatable bonds is 5. The van der Waals surface area contributed by atoms with Gasteiger partial charge in [-0.25, -0.2) is 28.0 Å². The number of halogens is 3. The van der Waals surface area contributed by atoms with Crippen LogP contribution in [0.4, 0.5) is 18.0 Å². The maximum absolute atomic E-state index is 12.9. The summed E-state index contributed by atoms with van der Waals surface area (Å²) >= 11 is 0. The van der Waals surface area contributed by atoms with E-state index in [9.17, 15) is 36.0 Å². The molecule has 0 aliphatic carbocycles.